The highest BCUT2D eigenvalue weighted by Crippen LogP contribution is 2.40. The van der Waals surface area contributed by atoms with E-state index in [0.29, 0.717) is 16.7 Å². The molecule has 0 atom stereocenters. The number of alkyl carbamates (subject to hydrolysis) is 1. The molecule has 2 aromatic carbocycles. The molecular weight excluding hydrogens is 606 g/mol. The average molecular weight is 640 g/mol. The van der Waals surface area contributed by atoms with Crippen LogP contribution in [-0.4, -0.2) is 66.0 Å². The summed E-state index contributed by atoms with van der Waals surface area (Å²) in [6, 6.07) is 12.5. The monoisotopic (exact) mass is 639 g/mol. The van der Waals surface area contributed by atoms with Gasteiger partial charge in [-0.3, -0.25) is 14.3 Å². The molecule has 0 bridgehead atoms. The van der Waals surface area contributed by atoms with Gasteiger partial charge in [0.25, 0.3) is 11.5 Å². The van der Waals surface area contributed by atoms with Gasteiger partial charge in [-0.25, -0.2) is 18.0 Å². The fraction of sp³-hybridized carbons (Fsp3) is 0.267. The summed E-state index contributed by atoms with van der Waals surface area (Å²) in [4.78, 5) is 53.0. The van der Waals surface area contributed by atoms with Crippen molar-refractivity contribution in [2.45, 2.75) is 26.4 Å². The number of nitrogens with one attached hydrogen (secondary N) is 4. The Bertz CT molecular complexity index is 1940. The second-order valence-electron chi connectivity index (χ2n) is 11.1. The maximum absolute atomic E-state index is 13.1. The van der Waals surface area contributed by atoms with E-state index in [9.17, 15) is 32.7 Å². The number of H-pyrrole nitrogens is 1. The Morgan fingerprint density at radius 2 is 1.67 bits per heavy atom. The Labute approximate surface area is 258 Å². The van der Waals surface area contributed by atoms with E-state index in [0.717, 1.165) is 6.26 Å². The average Bonchev–Trinajstić information content (AvgIpc) is 3.38. The van der Waals surface area contributed by atoms with Gasteiger partial charge < -0.3 is 34.8 Å². The van der Waals surface area contributed by atoms with Crippen LogP contribution in [-0.2, 0) is 21.8 Å². The van der Waals surface area contributed by atoms with Crippen LogP contribution in [0.25, 0.3) is 22.0 Å². The summed E-state index contributed by atoms with van der Waals surface area (Å²) in [5, 5.41) is 15.4. The van der Waals surface area contributed by atoms with E-state index in [-0.39, 0.29) is 46.9 Å². The maximum Gasteiger partial charge on any atom is 0.407 e. The molecule has 0 saturated carbocycles. The van der Waals surface area contributed by atoms with Crippen molar-refractivity contribution in [2.24, 2.45) is 7.05 Å². The number of anilines is 1. The quantitative estimate of drug-likeness (QED) is 0.161. The zero-order chi connectivity index (χ0) is 33.1. The summed E-state index contributed by atoms with van der Waals surface area (Å²) in [6.07, 6.45) is 1.72. The van der Waals surface area contributed by atoms with Gasteiger partial charge in [0.15, 0.2) is 0 Å². The van der Waals surface area contributed by atoms with Crippen LogP contribution >= 0.6 is 0 Å². The molecule has 45 heavy (non-hydrogen) atoms. The Balaban J connectivity index is 1.77. The number of carbonyl (C=O) groups is 3. The van der Waals surface area contributed by atoms with E-state index in [1.807, 2.05) is 0 Å². The lowest BCUT2D eigenvalue weighted by Gasteiger charge is -2.19. The Kier molecular flexibility index (Phi) is 9.23. The number of sulfonamides is 1. The van der Waals surface area contributed by atoms with Gasteiger partial charge in [-0.2, -0.15) is 0 Å². The third kappa shape index (κ3) is 8.20. The van der Waals surface area contributed by atoms with E-state index in [1.165, 1.54) is 36.0 Å². The van der Waals surface area contributed by atoms with E-state index in [2.05, 4.69) is 20.3 Å². The molecule has 4 rings (SSSR count). The van der Waals surface area contributed by atoms with Crippen LogP contribution < -0.4 is 25.7 Å². The molecule has 15 heteroatoms. The smallest absolute Gasteiger partial charge is 0.407 e. The molecule has 2 heterocycles. The Morgan fingerprint density at radius 3 is 2.29 bits per heavy atom. The van der Waals surface area contributed by atoms with Crippen molar-refractivity contribution in [1.82, 2.24) is 20.2 Å². The molecule has 2 aromatic heterocycles. The fourth-order valence-electron chi connectivity index (χ4n) is 4.37. The SMILES string of the molecule is Cn1cc(-c2cc(NS(C)(=O)=O)c(C(=O)O)cc2Oc2ccccc2)c2cc(C(=O)NCCNC(=O)OC(C)(C)C)[nH]c2c1=O. The van der Waals surface area contributed by atoms with E-state index >= 15 is 0 Å². The molecule has 2 amide bonds. The summed E-state index contributed by atoms with van der Waals surface area (Å²) in [6.45, 7) is 5.32. The number of carbonyl (C=O) groups excluding carboxylic acids is 2. The molecule has 4 aromatic rings. The minimum atomic E-state index is -3.90. The predicted octanol–water partition coefficient (Wildman–Crippen LogP) is 3.65. The molecule has 5 N–H and O–H groups in total. The number of aromatic carboxylic acids is 1. The third-order valence-electron chi connectivity index (χ3n) is 6.19. The molecule has 14 nitrogen and oxygen atoms in total. The summed E-state index contributed by atoms with van der Waals surface area (Å²) < 4.78 is 39.0. The number of pyridine rings is 1. The molecule has 0 aliphatic carbocycles. The first kappa shape index (κ1) is 32.6. The zero-order valence-corrected chi connectivity index (χ0v) is 26.0. The normalized spacial score (nSPS) is 11.6. The number of aromatic nitrogens is 2. The molecule has 0 spiro atoms. The molecule has 0 saturated heterocycles. The summed E-state index contributed by atoms with van der Waals surface area (Å²) in [7, 11) is -2.40. The topological polar surface area (TPSA) is 198 Å². The van der Waals surface area contributed by atoms with E-state index in [4.69, 9.17) is 9.47 Å². The van der Waals surface area contributed by atoms with E-state index in [1.54, 1.807) is 51.1 Å². The number of hydrogen-bond acceptors (Lipinski definition) is 8. The number of carboxylic acid groups (broad SMARTS) is 1. The lowest BCUT2D eigenvalue weighted by molar-refractivity contribution is 0.0526. The number of para-hydroxylation sites is 1. The molecule has 0 aliphatic rings. The van der Waals surface area contributed by atoms with Crippen molar-refractivity contribution in [2.75, 3.05) is 24.1 Å². The number of benzene rings is 2. The lowest BCUT2D eigenvalue weighted by atomic mass is 9.99. The van der Waals surface area contributed by atoms with Crippen LogP contribution in [0.5, 0.6) is 11.5 Å². The predicted molar refractivity (Wildman–Crippen MR) is 167 cm³/mol. The second-order valence-corrected chi connectivity index (χ2v) is 12.9. The van der Waals surface area contributed by atoms with Crippen molar-refractivity contribution in [3.05, 3.63) is 76.3 Å². The molecule has 0 fully saturated rings. The Morgan fingerprint density at radius 1 is 1.00 bits per heavy atom. The van der Waals surface area contributed by atoms with Gasteiger partial charge in [0, 0.05) is 42.8 Å². The zero-order valence-electron chi connectivity index (χ0n) is 25.2. The number of aryl methyl sites for hydroxylation is 1. The van der Waals surface area contributed by atoms with Gasteiger partial charge >= 0.3 is 12.1 Å². The molecule has 0 aliphatic heterocycles. The van der Waals surface area contributed by atoms with Gasteiger partial charge in [0.2, 0.25) is 10.0 Å². The number of rotatable bonds is 10. The van der Waals surface area contributed by atoms with Crippen molar-refractivity contribution in [1.29, 1.82) is 0 Å². The summed E-state index contributed by atoms with van der Waals surface area (Å²) in [5.41, 5.74) is -1.05. The van der Waals surface area contributed by atoms with Crippen LogP contribution in [0.15, 0.2) is 59.5 Å². The highest BCUT2D eigenvalue weighted by atomic mass is 32.2. The first-order valence-electron chi connectivity index (χ1n) is 13.6. The molecular formula is C30H33N5O9S. The number of fused-ring (bicyclic) bond motifs is 1. The van der Waals surface area contributed by atoms with Crippen LogP contribution in [0.1, 0.15) is 41.6 Å². The third-order valence-corrected chi connectivity index (χ3v) is 6.79. The minimum Gasteiger partial charge on any atom is -0.478 e. The van der Waals surface area contributed by atoms with Crippen LogP contribution in [0.4, 0.5) is 10.5 Å². The first-order chi connectivity index (χ1) is 21.0. The second kappa shape index (κ2) is 12.7. The van der Waals surface area contributed by atoms with Crippen molar-refractivity contribution in [3.63, 3.8) is 0 Å². The summed E-state index contributed by atoms with van der Waals surface area (Å²) >= 11 is 0. The number of ether oxygens (including phenoxy) is 2. The standard InChI is InChI=1S/C30H33N5O9S/c1-30(2,3)44-29(40)32-12-11-31-26(36)23-14-19-21(16-35(4)27(37)25(19)33-23)18-13-22(34-45(5,41)42)20(28(38)39)15-24(18)43-17-9-7-6-8-10-17/h6-10,13-16,33-34H,11-12H2,1-5H3,(H,31,36)(H,32,40)(H,38,39). The van der Waals surface area contributed by atoms with Gasteiger partial charge in [0.05, 0.1) is 17.5 Å². The number of carboxylic acids is 1. The van der Waals surface area contributed by atoms with Crippen molar-refractivity contribution < 1.29 is 37.4 Å². The largest absolute Gasteiger partial charge is 0.478 e. The van der Waals surface area contributed by atoms with Crippen LogP contribution in [0.3, 0.4) is 0 Å². The summed E-state index contributed by atoms with van der Waals surface area (Å²) in [5.74, 6) is -1.54. The van der Waals surface area contributed by atoms with Crippen LogP contribution in [0, 0.1) is 0 Å². The number of hydrogen-bond donors (Lipinski definition) is 5. The van der Waals surface area contributed by atoms with Crippen LogP contribution in [0.2, 0.25) is 0 Å². The molecule has 0 radical (unpaired) electrons. The lowest BCUT2D eigenvalue weighted by Crippen LogP contribution is -2.37. The van der Waals surface area contributed by atoms with E-state index < -0.39 is 39.2 Å². The Hall–Kier alpha value is -5.31. The van der Waals surface area contributed by atoms with Gasteiger partial charge in [0.1, 0.15) is 28.3 Å². The van der Waals surface area contributed by atoms with Crippen molar-refractivity contribution >= 4 is 44.6 Å². The highest BCUT2D eigenvalue weighted by Gasteiger charge is 2.23. The molecule has 238 valence electrons. The van der Waals surface area contributed by atoms with Gasteiger partial charge in [-0.05, 0) is 51.1 Å². The van der Waals surface area contributed by atoms with Crippen molar-refractivity contribution in [3.8, 4) is 22.6 Å². The highest BCUT2D eigenvalue weighted by molar-refractivity contribution is 7.92. The number of amides is 2. The minimum absolute atomic E-state index is 0.0361. The molecule has 0 unspecified atom stereocenters. The van der Waals surface area contributed by atoms with Gasteiger partial charge in [-0.15, -0.1) is 0 Å². The first-order valence-corrected chi connectivity index (χ1v) is 15.5. The fourth-order valence-corrected chi connectivity index (χ4v) is 4.94. The number of aromatic amines is 1. The maximum atomic E-state index is 13.1. The number of nitrogens with zero attached hydrogens (tertiary/aromatic N) is 1. The van der Waals surface area contributed by atoms with Gasteiger partial charge in [-0.1, -0.05) is 18.2 Å².